The standard InChI is InChI=1S/C19H21NO3/c1-19(2,3)13-6-7-17-16(10-13)20-18(23-17)12-8-14(21-4)11-15(9-12)22-5/h6-11H,1-5H3. The molecule has 0 spiro atoms. The van der Waals surface area contributed by atoms with Crippen molar-refractivity contribution in [2.75, 3.05) is 14.2 Å². The fourth-order valence-corrected chi connectivity index (χ4v) is 2.45. The van der Waals surface area contributed by atoms with E-state index in [1.54, 1.807) is 14.2 Å². The Kier molecular flexibility index (Phi) is 3.76. The highest BCUT2D eigenvalue weighted by atomic mass is 16.5. The maximum absolute atomic E-state index is 5.90. The van der Waals surface area contributed by atoms with E-state index in [9.17, 15) is 0 Å². The van der Waals surface area contributed by atoms with Gasteiger partial charge in [-0.25, -0.2) is 4.98 Å². The van der Waals surface area contributed by atoms with E-state index in [0.29, 0.717) is 17.4 Å². The van der Waals surface area contributed by atoms with Crippen LogP contribution in [0.5, 0.6) is 11.5 Å². The van der Waals surface area contributed by atoms with E-state index in [-0.39, 0.29) is 5.41 Å². The zero-order valence-corrected chi connectivity index (χ0v) is 14.1. The van der Waals surface area contributed by atoms with Gasteiger partial charge in [0.2, 0.25) is 5.89 Å². The highest BCUT2D eigenvalue weighted by molar-refractivity contribution is 5.77. The summed E-state index contributed by atoms with van der Waals surface area (Å²) in [4.78, 5) is 4.63. The first-order valence-corrected chi connectivity index (χ1v) is 7.55. The molecule has 0 bridgehead atoms. The van der Waals surface area contributed by atoms with Gasteiger partial charge in [-0.2, -0.15) is 0 Å². The number of benzene rings is 2. The van der Waals surface area contributed by atoms with E-state index in [4.69, 9.17) is 13.9 Å². The Labute approximate surface area is 136 Å². The second-order valence-corrected chi connectivity index (χ2v) is 6.55. The van der Waals surface area contributed by atoms with Crippen LogP contribution in [0, 0.1) is 0 Å². The Morgan fingerprint density at radius 2 is 1.57 bits per heavy atom. The summed E-state index contributed by atoms with van der Waals surface area (Å²) < 4.78 is 16.5. The molecule has 4 heteroatoms. The number of hydrogen-bond acceptors (Lipinski definition) is 4. The molecule has 0 saturated heterocycles. The van der Waals surface area contributed by atoms with Crippen molar-refractivity contribution in [2.45, 2.75) is 26.2 Å². The summed E-state index contributed by atoms with van der Waals surface area (Å²) in [5, 5.41) is 0. The van der Waals surface area contributed by atoms with E-state index < -0.39 is 0 Å². The number of ether oxygens (including phenoxy) is 2. The second-order valence-electron chi connectivity index (χ2n) is 6.55. The minimum Gasteiger partial charge on any atom is -0.497 e. The highest BCUT2D eigenvalue weighted by Gasteiger charge is 2.17. The third-order valence-electron chi connectivity index (χ3n) is 3.85. The van der Waals surface area contributed by atoms with Crippen molar-refractivity contribution >= 4 is 11.1 Å². The van der Waals surface area contributed by atoms with Crippen molar-refractivity contribution in [3.63, 3.8) is 0 Å². The first-order valence-electron chi connectivity index (χ1n) is 7.55. The number of hydrogen-bond donors (Lipinski definition) is 0. The molecule has 1 aromatic heterocycles. The molecule has 3 rings (SSSR count). The van der Waals surface area contributed by atoms with Gasteiger partial charge in [-0.1, -0.05) is 26.8 Å². The third-order valence-corrected chi connectivity index (χ3v) is 3.85. The Morgan fingerprint density at radius 1 is 0.913 bits per heavy atom. The van der Waals surface area contributed by atoms with E-state index >= 15 is 0 Å². The highest BCUT2D eigenvalue weighted by Crippen LogP contribution is 2.32. The minimum atomic E-state index is 0.0759. The van der Waals surface area contributed by atoms with Gasteiger partial charge in [0.15, 0.2) is 5.58 Å². The fourth-order valence-electron chi connectivity index (χ4n) is 2.45. The zero-order chi connectivity index (χ0) is 16.6. The zero-order valence-electron chi connectivity index (χ0n) is 14.1. The quantitative estimate of drug-likeness (QED) is 0.696. The first kappa shape index (κ1) is 15.4. The van der Waals surface area contributed by atoms with Crippen LogP contribution in [0.3, 0.4) is 0 Å². The summed E-state index contributed by atoms with van der Waals surface area (Å²) in [6.45, 7) is 6.55. The summed E-state index contributed by atoms with van der Waals surface area (Å²) >= 11 is 0. The van der Waals surface area contributed by atoms with Gasteiger partial charge in [-0.05, 0) is 35.2 Å². The van der Waals surface area contributed by atoms with Gasteiger partial charge in [0.1, 0.15) is 17.0 Å². The van der Waals surface area contributed by atoms with Gasteiger partial charge in [0, 0.05) is 11.6 Å². The van der Waals surface area contributed by atoms with E-state index in [1.165, 1.54) is 5.56 Å². The molecule has 1 heterocycles. The summed E-state index contributed by atoms with van der Waals surface area (Å²) in [6, 6.07) is 11.7. The first-order chi connectivity index (χ1) is 10.9. The molecule has 0 saturated carbocycles. The van der Waals surface area contributed by atoms with Crippen molar-refractivity contribution in [1.29, 1.82) is 0 Å². The summed E-state index contributed by atoms with van der Waals surface area (Å²) in [5.41, 5.74) is 3.76. The average Bonchev–Trinajstić information content (AvgIpc) is 2.96. The van der Waals surface area contributed by atoms with Crippen LogP contribution in [0.4, 0.5) is 0 Å². The summed E-state index contributed by atoms with van der Waals surface area (Å²) in [7, 11) is 3.25. The molecule has 0 aliphatic heterocycles. The Hall–Kier alpha value is -2.49. The smallest absolute Gasteiger partial charge is 0.227 e. The number of rotatable bonds is 3. The summed E-state index contributed by atoms with van der Waals surface area (Å²) in [6.07, 6.45) is 0. The fraction of sp³-hybridized carbons (Fsp3) is 0.316. The number of aromatic nitrogens is 1. The van der Waals surface area contributed by atoms with Gasteiger partial charge in [0.05, 0.1) is 14.2 Å². The molecule has 0 fully saturated rings. The van der Waals surface area contributed by atoms with Crippen molar-refractivity contribution < 1.29 is 13.9 Å². The molecule has 0 atom stereocenters. The van der Waals surface area contributed by atoms with Crippen LogP contribution in [0.2, 0.25) is 0 Å². The molecule has 0 N–H and O–H groups in total. The predicted octanol–water partition coefficient (Wildman–Crippen LogP) is 4.81. The predicted molar refractivity (Wildman–Crippen MR) is 91.2 cm³/mol. The molecule has 4 nitrogen and oxygen atoms in total. The molecule has 0 unspecified atom stereocenters. The van der Waals surface area contributed by atoms with Crippen molar-refractivity contribution in [3.05, 3.63) is 42.0 Å². The minimum absolute atomic E-state index is 0.0759. The van der Waals surface area contributed by atoms with Crippen molar-refractivity contribution in [3.8, 4) is 23.0 Å². The van der Waals surface area contributed by atoms with Crippen LogP contribution in [0.15, 0.2) is 40.8 Å². The van der Waals surface area contributed by atoms with Gasteiger partial charge >= 0.3 is 0 Å². The lowest BCUT2D eigenvalue weighted by atomic mass is 9.87. The van der Waals surface area contributed by atoms with Gasteiger partial charge in [-0.15, -0.1) is 0 Å². The van der Waals surface area contributed by atoms with Crippen LogP contribution in [-0.2, 0) is 5.41 Å². The van der Waals surface area contributed by atoms with E-state index in [2.05, 4.69) is 37.9 Å². The molecule has 120 valence electrons. The topological polar surface area (TPSA) is 44.5 Å². The average molecular weight is 311 g/mol. The van der Waals surface area contributed by atoms with E-state index in [1.807, 2.05) is 24.3 Å². The molecular weight excluding hydrogens is 290 g/mol. The Balaban J connectivity index is 2.10. The molecule has 2 aromatic carbocycles. The molecule has 23 heavy (non-hydrogen) atoms. The van der Waals surface area contributed by atoms with Crippen LogP contribution in [0.25, 0.3) is 22.6 Å². The monoisotopic (exact) mass is 311 g/mol. The maximum atomic E-state index is 5.90. The summed E-state index contributed by atoms with van der Waals surface area (Å²) in [5.74, 6) is 1.97. The van der Waals surface area contributed by atoms with Gasteiger partial charge in [-0.3, -0.25) is 0 Å². The normalized spacial score (nSPS) is 11.7. The van der Waals surface area contributed by atoms with Gasteiger partial charge < -0.3 is 13.9 Å². The van der Waals surface area contributed by atoms with Gasteiger partial charge in [0.25, 0.3) is 0 Å². The number of oxazole rings is 1. The lowest BCUT2D eigenvalue weighted by Crippen LogP contribution is -2.10. The molecule has 0 aliphatic rings. The van der Waals surface area contributed by atoms with Crippen LogP contribution < -0.4 is 9.47 Å². The maximum Gasteiger partial charge on any atom is 0.227 e. The third kappa shape index (κ3) is 3.02. The Morgan fingerprint density at radius 3 is 2.13 bits per heavy atom. The van der Waals surface area contributed by atoms with Crippen LogP contribution in [0.1, 0.15) is 26.3 Å². The Bertz CT molecular complexity index is 821. The molecule has 0 amide bonds. The molecule has 3 aromatic rings. The molecular formula is C19H21NO3. The number of nitrogens with zero attached hydrogens (tertiary/aromatic N) is 1. The second kappa shape index (κ2) is 5.61. The van der Waals surface area contributed by atoms with Crippen molar-refractivity contribution in [2.24, 2.45) is 0 Å². The number of methoxy groups -OCH3 is 2. The van der Waals surface area contributed by atoms with Crippen molar-refractivity contribution in [1.82, 2.24) is 4.98 Å². The number of fused-ring (bicyclic) bond motifs is 1. The molecule has 0 radical (unpaired) electrons. The lowest BCUT2D eigenvalue weighted by molar-refractivity contribution is 0.394. The largest absolute Gasteiger partial charge is 0.497 e. The van der Waals surface area contributed by atoms with Crippen LogP contribution in [-0.4, -0.2) is 19.2 Å². The SMILES string of the molecule is COc1cc(OC)cc(-c2nc3cc(C(C)(C)C)ccc3o2)c1. The van der Waals surface area contributed by atoms with Crippen LogP contribution >= 0.6 is 0 Å². The molecule has 0 aliphatic carbocycles. The lowest BCUT2D eigenvalue weighted by Gasteiger charge is -2.18. The van der Waals surface area contributed by atoms with E-state index in [0.717, 1.165) is 16.7 Å².